The number of fused-ring (bicyclic) bond motifs is 5. The van der Waals surface area contributed by atoms with Gasteiger partial charge in [0, 0.05) is 33.7 Å². The van der Waals surface area contributed by atoms with Crippen LogP contribution in [-0.4, -0.2) is 9.13 Å². The van der Waals surface area contributed by atoms with Crippen LogP contribution in [0.4, 0.5) is 0 Å². The fourth-order valence-electron chi connectivity index (χ4n) is 6.10. The predicted molar refractivity (Wildman–Crippen MR) is 176 cm³/mol. The van der Waals surface area contributed by atoms with Crippen LogP contribution in [0.15, 0.2) is 164 Å². The first-order chi connectivity index (χ1) is 20.4. The van der Waals surface area contributed by atoms with Crippen LogP contribution in [0.5, 0.6) is 0 Å². The molecule has 2 aromatic heterocycles. The van der Waals surface area contributed by atoms with E-state index in [1.165, 1.54) is 60.0 Å². The highest BCUT2D eigenvalue weighted by atomic mass is 31.1. The quantitative estimate of drug-likeness (QED) is 0.193. The summed E-state index contributed by atoms with van der Waals surface area (Å²) in [6, 6.07) is 57.2. The van der Waals surface area contributed by atoms with Gasteiger partial charge in [0.2, 0.25) is 0 Å². The van der Waals surface area contributed by atoms with Crippen LogP contribution < -0.4 is 15.9 Å². The lowest BCUT2D eigenvalue weighted by Crippen LogP contribution is -2.20. The third-order valence-electron chi connectivity index (χ3n) is 7.91. The zero-order valence-corrected chi connectivity index (χ0v) is 23.3. The van der Waals surface area contributed by atoms with Crippen LogP contribution in [0, 0.1) is 0 Å². The number of rotatable bonds is 5. The summed E-state index contributed by atoms with van der Waals surface area (Å²) in [7, 11) is -0.654. The van der Waals surface area contributed by atoms with Crippen molar-refractivity contribution < 1.29 is 0 Å². The lowest BCUT2D eigenvalue weighted by Gasteiger charge is -2.20. The Balaban J connectivity index is 1.36. The largest absolute Gasteiger partial charge is 0.315 e. The minimum atomic E-state index is -0.654. The van der Waals surface area contributed by atoms with Crippen molar-refractivity contribution >= 4 is 56.5 Å². The van der Waals surface area contributed by atoms with Crippen LogP contribution in [0.1, 0.15) is 0 Å². The number of para-hydroxylation sites is 2. The van der Waals surface area contributed by atoms with E-state index in [0.717, 1.165) is 0 Å². The Labute approximate surface area is 240 Å². The smallest absolute Gasteiger partial charge is 0.0788 e. The Morgan fingerprint density at radius 1 is 0.390 bits per heavy atom. The monoisotopic (exact) mass is 542 g/mol. The molecule has 3 heteroatoms. The summed E-state index contributed by atoms with van der Waals surface area (Å²) in [4.78, 5) is 0. The third-order valence-corrected chi connectivity index (χ3v) is 10.4. The minimum Gasteiger partial charge on any atom is -0.315 e. The first-order valence-corrected chi connectivity index (χ1v) is 15.3. The van der Waals surface area contributed by atoms with Gasteiger partial charge in [0.1, 0.15) is 0 Å². The molecule has 41 heavy (non-hydrogen) atoms. The molecular formula is C38H27N2P. The van der Waals surface area contributed by atoms with Gasteiger partial charge in [0.15, 0.2) is 0 Å². The van der Waals surface area contributed by atoms with E-state index in [1.54, 1.807) is 0 Å². The SMILES string of the molecule is c1ccc(-n2ccc3ccc4c5ccccc5n(-c5ccc(P(c6ccccc6)c6ccccc6)cc5)c4c32)cc1. The molecule has 0 atom stereocenters. The summed E-state index contributed by atoms with van der Waals surface area (Å²) >= 11 is 0. The summed E-state index contributed by atoms with van der Waals surface area (Å²) in [6.07, 6.45) is 2.19. The Morgan fingerprint density at radius 2 is 0.976 bits per heavy atom. The zero-order valence-electron chi connectivity index (χ0n) is 22.4. The molecule has 0 N–H and O–H groups in total. The van der Waals surface area contributed by atoms with Gasteiger partial charge in [0.25, 0.3) is 0 Å². The molecule has 0 bridgehead atoms. The minimum absolute atomic E-state index is 0.654. The first-order valence-electron chi connectivity index (χ1n) is 14.0. The first kappa shape index (κ1) is 23.9. The van der Waals surface area contributed by atoms with Gasteiger partial charge < -0.3 is 9.13 Å². The van der Waals surface area contributed by atoms with E-state index >= 15 is 0 Å². The van der Waals surface area contributed by atoms with Gasteiger partial charge in [-0.05, 0) is 60.2 Å². The average molecular weight is 543 g/mol. The second-order valence-corrected chi connectivity index (χ2v) is 12.5. The molecule has 0 saturated heterocycles. The van der Waals surface area contributed by atoms with Gasteiger partial charge in [-0.2, -0.15) is 0 Å². The predicted octanol–water partition coefficient (Wildman–Crippen LogP) is 8.49. The Morgan fingerprint density at radius 3 is 1.66 bits per heavy atom. The normalized spacial score (nSPS) is 11.6. The molecule has 0 radical (unpaired) electrons. The van der Waals surface area contributed by atoms with Gasteiger partial charge in [-0.3, -0.25) is 0 Å². The van der Waals surface area contributed by atoms with Gasteiger partial charge in [0.05, 0.1) is 16.6 Å². The van der Waals surface area contributed by atoms with Crippen molar-refractivity contribution in [2.45, 2.75) is 0 Å². The molecule has 0 aliphatic heterocycles. The zero-order chi connectivity index (χ0) is 27.2. The van der Waals surface area contributed by atoms with Crippen molar-refractivity contribution in [3.8, 4) is 11.4 Å². The molecule has 8 aromatic rings. The van der Waals surface area contributed by atoms with Crippen molar-refractivity contribution in [1.29, 1.82) is 0 Å². The van der Waals surface area contributed by atoms with E-state index in [-0.39, 0.29) is 0 Å². The molecule has 0 unspecified atom stereocenters. The number of aromatic nitrogens is 2. The second-order valence-electron chi connectivity index (χ2n) is 10.3. The Hall–Kier alpha value is -4.91. The van der Waals surface area contributed by atoms with E-state index in [2.05, 4.69) is 173 Å². The van der Waals surface area contributed by atoms with Crippen molar-refractivity contribution in [1.82, 2.24) is 9.13 Å². The number of hydrogen-bond donors (Lipinski definition) is 0. The van der Waals surface area contributed by atoms with Crippen LogP contribution in [-0.2, 0) is 0 Å². The maximum absolute atomic E-state index is 2.45. The van der Waals surface area contributed by atoms with Crippen molar-refractivity contribution in [3.63, 3.8) is 0 Å². The molecular weight excluding hydrogens is 515 g/mol. The van der Waals surface area contributed by atoms with Crippen molar-refractivity contribution in [3.05, 3.63) is 164 Å². The molecule has 194 valence electrons. The molecule has 0 aliphatic rings. The highest BCUT2D eigenvalue weighted by Gasteiger charge is 2.19. The Kier molecular flexibility index (Phi) is 5.80. The molecule has 0 saturated carbocycles. The summed E-state index contributed by atoms with van der Waals surface area (Å²) in [6.45, 7) is 0. The average Bonchev–Trinajstić information content (AvgIpc) is 3.63. The fourth-order valence-corrected chi connectivity index (χ4v) is 8.38. The van der Waals surface area contributed by atoms with E-state index < -0.39 is 7.92 Å². The van der Waals surface area contributed by atoms with Crippen LogP contribution in [0.3, 0.4) is 0 Å². The number of benzene rings is 6. The molecule has 0 fully saturated rings. The van der Waals surface area contributed by atoms with E-state index in [4.69, 9.17) is 0 Å². The molecule has 2 nitrogen and oxygen atoms in total. The maximum atomic E-state index is 2.45. The van der Waals surface area contributed by atoms with E-state index in [0.29, 0.717) is 0 Å². The molecule has 6 aromatic carbocycles. The second kappa shape index (κ2) is 9.93. The molecule has 0 aliphatic carbocycles. The molecule has 0 spiro atoms. The fraction of sp³-hybridized carbons (Fsp3) is 0. The third kappa shape index (κ3) is 3.99. The summed E-state index contributed by atoms with van der Waals surface area (Å²) in [5.41, 5.74) is 6.02. The highest BCUT2D eigenvalue weighted by molar-refractivity contribution is 7.79. The van der Waals surface area contributed by atoms with Gasteiger partial charge in [-0.25, -0.2) is 0 Å². The highest BCUT2D eigenvalue weighted by Crippen LogP contribution is 2.38. The Bertz CT molecular complexity index is 2090. The van der Waals surface area contributed by atoms with E-state index in [1.807, 2.05) is 0 Å². The molecule has 2 heterocycles. The summed E-state index contributed by atoms with van der Waals surface area (Å²) in [5, 5.41) is 7.84. The standard InChI is InChI=1S/C38H27N2P/c1-4-12-29(13-5-1)39-27-26-28-20-25-35-34-18-10-11-19-36(34)40(38(35)37(28)39)30-21-23-33(24-22-30)41(31-14-6-2-7-15-31)32-16-8-3-9-17-32/h1-27H. The summed E-state index contributed by atoms with van der Waals surface area (Å²) < 4.78 is 4.77. The van der Waals surface area contributed by atoms with Crippen molar-refractivity contribution in [2.24, 2.45) is 0 Å². The topological polar surface area (TPSA) is 9.86 Å². The molecule has 8 rings (SSSR count). The lowest BCUT2D eigenvalue weighted by atomic mass is 10.1. The van der Waals surface area contributed by atoms with Crippen LogP contribution >= 0.6 is 7.92 Å². The lowest BCUT2D eigenvalue weighted by molar-refractivity contribution is 1.12. The van der Waals surface area contributed by atoms with Gasteiger partial charge >= 0.3 is 0 Å². The van der Waals surface area contributed by atoms with Crippen molar-refractivity contribution in [2.75, 3.05) is 0 Å². The maximum Gasteiger partial charge on any atom is 0.0788 e. The summed E-state index contributed by atoms with van der Waals surface area (Å²) in [5.74, 6) is 0. The van der Waals surface area contributed by atoms with Gasteiger partial charge in [-0.1, -0.05) is 121 Å². The number of hydrogen-bond acceptors (Lipinski definition) is 0. The van der Waals surface area contributed by atoms with Gasteiger partial charge in [-0.15, -0.1) is 0 Å². The number of nitrogens with zero attached hydrogens (tertiary/aromatic N) is 2. The van der Waals surface area contributed by atoms with Crippen LogP contribution in [0.2, 0.25) is 0 Å². The van der Waals surface area contributed by atoms with E-state index in [9.17, 15) is 0 Å². The molecule has 0 amide bonds. The van der Waals surface area contributed by atoms with Crippen LogP contribution in [0.25, 0.3) is 44.1 Å².